The van der Waals surface area contributed by atoms with Crippen LogP contribution in [-0.2, 0) is 30.1 Å². The minimum Gasteiger partial charge on any atom is -0.405 e. The smallest absolute Gasteiger partial charge is 0.322 e. The van der Waals surface area contributed by atoms with Crippen molar-refractivity contribution in [3.63, 3.8) is 0 Å². The summed E-state index contributed by atoms with van der Waals surface area (Å²) < 4.78 is 19.9. The molecule has 1 fully saturated rings. The summed E-state index contributed by atoms with van der Waals surface area (Å²) in [5, 5.41) is 3.73. The number of hydroxylamine groups is 2. The average Bonchev–Trinajstić information content (AvgIpc) is 3.31. The highest BCUT2D eigenvalue weighted by Crippen LogP contribution is 2.40. The number of hydrogen-bond donors (Lipinski definition) is 0. The molecule has 0 radical (unpaired) electrons. The Balaban J connectivity index is 1.88. The van der Waals surface area contributed by atoms with Gasteiger partial charge in [0.05, 0.1) is 19.8 Å². The van der Waals surface area contributed by atoms with Crippen LogP contribution >= 0.6 is 0 Å². The summed E-state index contributed by atoms with van der Waals surface area (Å²) in [5.41, 5.74) is -0.0916. The molecule has 4 rings (SSSR count). The first kappa shape index (κ1) is 30.9. The standard InChI is InChI=1S/C34H43NO5Si/c1-8-34(31-25-37-33(6,7)39-31,35(40-27(2)36)24-28-18-12-9-13-19-28)26-38-41(32(3,4)5,29-20-14-10-15-21-29)30-22-16-11-17-23-30/h8-23,31H,1,24-26H2,2-7H3/t31-,34-/m0/s1. The van der Waals surface area contributed by atoms with Gasteiger partial charge in [0.2, 0.25) is 0 Å². The van der Waals surface area contributed by atoms with E-state index in [1.807, 2.05) is 56.3 Å². The average molecular weight is 574 g/mol. The predicted octanol–water partition coefficient (Wildman–Crippen LogP) is 5.62. The predicted molar refractivity (Wildman–Crippen MR) is 165 cm³/mol. The van der Waals surface area contributed by atoms with Crippen LogP contribution in [0, 0.1) is 0 Å². The molecular weight excluding hydrogens is 530 g/mol. The summed E-state index contributed by atoms with van der Waals surface area (Å²) in [6.45, 7) is 16.9. The van der Waals surface area contributed by atoms with E-state index in [4.69, 9.17) is 18.7 Å². The molecule has 0 amide bonds. The molecule has 1 saturated heterocycles. The van der Waals surface area contributed by atoms with Crippen LogP contribution in [0.4, 0.5) is 0 Å². The van der Waals surface area contributed by atoms with Crippen molar-refractivity contribution in [3.05, 3.63) is 109 Å². The molecule has 0 aromatic heterocycles. The van der Waals surface area contributed by atoms with Crippen molar-refractivity contribution < 1.29 is 23.5 Å². The number of benzene rings is 3. The first-order chi connectivity index (χ1) is 19.4. The number of nitrogens with zero attached hydrogens (tertiary/aromatic N) is 1. The highest BCUT2D eigenvalue weighted by molar-refractivity contribution is 6.99. The van der Waals surface area contributed by atoms with E-state index in [9.17, 15) is 4.79 Å². The second-order valence-corrected chi connectivity index (χ2v) is 16.4. The molecule has 2 atom stereocenters. The molecule has 218 valence electrons. The summed E-state index contributed by atoms with van der Waals surface area (Å²) in [7, 11) is -2.95. The van der Waals surface area contributed by atoms with Crippen molar-refractivity contribution in [1.82, 2.24) is 5.06 Å². The van der Waals surface area contributed by atoms with E-state index in [1.165, 1.54) is 6.92 Å². The lowest BCUT2D eigenvalue weighted by molar-refractivity contribution is -0.244. The molecule has 3 aromatic carbocycles. The first-order valence-corrected chi connectivity index (χ1v) is 16.0. The number of rotatable bonds is 11. The first-order valence-electron chi connectivity index (χ1n) is 14.1. The highest BCUT2D eigenvalue weighted by atomic mass is 28.4. The van der Waals surface area contributed by atoms with Gasteiger partial charge >= 0.3 is 5.97 Å². The molecule has 0 bridgehead atoms. The molecule has 3 aromatic rings. The highest BCUT2D eigenvalue weighted by Gasteiger charge is 2.56. The maximum Gasteiger partial charge on any atom is 0.322 e. The van der Waals surface area contributed by atoms with Crippen LogP contribution in [-0.4, -0.2) is 50.0 Å². The Labute approximate surface area is 246 Å². The maximum absolute atomic E-state index is 12.6. The summed E-state index contributed by atoms with van der Waals surface area (Å²) in [6, 6.07) is 30.8. The lowest BCUT2D eigenvalue weighted by Crippen LogP contribution is -2.69. The van der Waals surface area contributed by atoms with E-state index in [2.05, 4.69) is 75.9 Å². The zero-order valence-corrected chi connectivity index (χ0v) is 26.1. The topological polar surface area (TPSA) is 57.2 Å². The number of carbonyl (C=O) groups excluding carboxylic acids is 1. The van der Waals surface area contributed by atoms with Gasteiger partial charge in [-0.1, -0.05) is 118 Å². The Morgan fingerprint density at radius 2 is 1.49 bits per heavy atom. The molecule has 0 aliphatic carbocycles. The minimum absolute atomic E-state index is 0.161. The van der Waals surface area contributed by atoms with Gasteiger partial charge in [-0.3, -0.25) is 4.79 Å². The van der Waals surface area contributed by atoms with Gasteiger partial charge in [0.25, 0.3) is 8.32 Å². The second-order valence-electron chi connectivity index (χ2n) is 12.1. The zero-order chi connectivity index (χ0) is 29.7. The fourth-order valence-corrected chi connectivity index (χ4v) is 10.3. The minimum atomic E-state index is -2.95. The van der Waals surface area contributed by atoms with Crippen LogP contribution in [0.2, 0.25) is 5.04 Å². The Morgan fingerprint density at radius 1 is 0.976 bits per heavy atom. The van der Waals surface area contributed by atoms with Gasteiger partial charge in [-0.15, -0.1) is 11.6 Å². The third-order valence-corrected chi connectivity index (χ3v) is 12.7. The molecular formula is C34H43NO5Si. The van der Waals surface area contributed by atoms with Gasteiger partial charge in [-0.25, -0.2) is 0 Å². The Kier molecular flexibility index (Phi) is 9.36. The fraction of sp³-hybridized carbons (Fsp3) is 0.382. The van der Waals surface area contributed by atoms with Crippen molar-refractivity contribution in [3.8, 4) is 0 Å². The fourth-order valence-electron chi connectivity index (χ4n) is 5.71. The number of carbonyl (C=O) groups is 1. The van der Waals surface area contributed by atoms with Crippen LogP contribution < -0.4 is 10.4 Å². The molecule has 0 unspecified atom stereocenters. The maximum atomic E-state index is 12.6. The Morgan fingerprint density at radius 3 is 1.90 bits per heavy atom. The molecule has 7 heteroatoms. The lowest BCUT2D eigenvalue weighted by atomic mass is 9.92. The van der Waals surface area contributed by atoms with Crippen molar-refractivity contribution >= 4 is 24.7 Å². The van der Waals surface area contributed by atoms with Gasteiger partial charge in [-0.05, 0) is 34.8 Å². The zero-order valence-electron chi connectivity index (χ0n) is 25.1. The monoisotopic (exact) mass is 573 g/mol. The molecule has 0 saturated carbocycles. The van der Waals surface area contributed by atoms with Gasteiger partial charge in [-0.2, -0.15) is 0 Å². The Bertz CT molecular complexity index is 1250. The molecule has 1 aliphatic rings. The van der Waals surface area contributed by atoms with E-state index in [0.717, 1.165) is 15.9 Å². The van der Waals surface area contributed by atoms with Crippen molar-refractivity contribution in [2.75, 3.05) is 13.2 Å². The summed E-state index contributed by atoms with van der Waals surface area (Å²) in [4.78, 5) is 18.5. The normalized spacial score (nSPS) is 18.6. The quantitative estimate of drug-likeness (QED) is 0.169. The molecule has 0 N–H and O–H groups in total. The van der Waals surface area contributed by atoms with Crippen molar-refractivity contribution in [2.24, 2.45) is 0 Å². The van der Waals surface area contributed by atoms with Gasteiger partial charge in [0.15, 0.2) is 5.79 Å². The summed E-state index contributed by atoms with van der Waals surface area (Å²) >= 11 is 0. The van der Waals surface area contributed by atoms with Crippen molar-refractivity contribution in [2.45, 2.75) is 70.6 Å². The van der Waals surface area contributed by atoms with Crippen LogP contribution in [0.5, 0.6) is 0 Å². The van der Waals surface area contributed by atoms with Crippen LogP contribution in [0.1, 0.15) is 47.1 Å². The van der Waals surface area contributed by atoms with Crippen LogP contribution in [0.25, 0.3) is 0 Å². The van der Waals surface area contributed by atoms with Gasteiger partial charge < -0.3 is 18.7 Å². The van der Waals surface area contributed by atoms with Gasteiger partial charge in [0, 0.05) is 6.92 Å². The van der Waals surface area contributed by atoms with Crippen LogP contribution in [0.15, 0.2) is 104 Å². The molecule has 1 heterocycles. The Hall–Kier alpha value is -3.07. The number of ether oxygens (including phenoxy) is 2. The molecule has 6 nitrogen and oxygen atoms in total. The van der Waals surface area contributed by atoms with E-state index in [0.29, 0.717) is 6.54 Å². The number of hydrogen-bond acceptors (Lipinski definition) is 6. The van der Waals surface area contributed by atoms with E-state index >= 15 is 0 Å². The SMILES string of the molecule is C=C[C@](CO[Si](c1ccccc1)(c1ccccc1)C(C)(C)C)([C@@H]1COC(C)(C)O1)N(Cc1ccccc1)OC(C)=O. The summed E-state index contributed by atoms with van der Waals surface area (Å²) in [6.07, 6.45) is 1.28. The van der Waals surface area contributed by atoms with E-state index < -0.39 is 31.7 Å². The van der Waals surface area contributed by atoms with Gasteiger partial charge in [0.1, 0.15) is 11.6 Å². The van der Waals surface area contributed by atoms with E-state index in [-0.39, 0.29) is 18.3 Å². The summed E-state index contributed by atoms with van der Waals surface area (Å²) in [5.74, 6) is -1.25. The van der Waals surface area contributed by atoms with Crippen LogP contribution in [0.3, 0.4) is 0 Å². The molecule has 1 aliphatic heterocycles. The molecule has 0 spiro atoms. The molecule has 41 heavy (non-hydrogen) atoms. The largest absolute Gasteiger partial charge is 0.405 e. The third-order valence-electron chi connectivity index (χ3n) is 7.73. The van der Waals surface area contributed by atoms with Crippen molar-refractivity contribution in [1.29, 1.82) is 0 Å². The van der Waals surface area contributed by atoms with E-state index in [1.54, 1.807) is 11.1 Å². The third kappa shape index (κ3) is 6.55. The second kappa shape index (κ2) is 12.4. The lowest BCUT2D eigenvalue weighted by Gasteiger charge is -2.48.